The molecule has 0 aliphatic carbocycles. The Bertz CT molecular complexity index is 503. The minimum atomic E-state index is -2.92. The molecule has 0 aromatic rings. The second kappa shape index (κ2) is 7.92. The molecule has 0 bridgehead atoms. The van der Waals surface area contributed by atoms with Crippen molar-refractivity contribution in [2.45, 2.75) is 31.9 Å². The van der Waals surface area contributed by atoms with E-state index >= 15 is 0 Å². The third-order valence-corrected chi connectivity index (χ3v) is 6.63. The third-order valence-electron chi connectivity index (χ3n) is 4.88. The fourth-order valence-electron chi connectivity index (χ4n) is 3.17. The summed E-state index contributed by atoms with van der Waals surface area (Å²) in [6.07, 6.45) is 1.07. The number of sulfone groups is 1. The van der Waals surface area contributed by atoms with Gasteiger partial charge < -0.3 is 10.0 Å². The Hall–Kier alpha value is -0.700. The standard InChI is InChI=1S/C15H29N3O4S/c1-3-14(19)10-17-5-7-18(8-6-17)15(20)11-16(2)13-4-9-23(21,22)12-13/h13-14,19H,3-12H2,1-2H3/t13-,14-/m1/s1. The summed E-state index contributed by atoms with van der Waals surface area (Å²) in [5.41, 5.74) is 0. The Morgan fingerprint density at radius 1 is 1.30 bits per heavy atom. The van der Waals surface area contributed by atoms with Crippen LogP contribution in [0.15, 0.2) is 0 Å². The SMILES string of the molecule is CC[C@@H](O)CN1CCN(C(=O)CN(C)[C@@H]2CCS(=O)(=O)C2)CC1. The second-order valence-corrected chi connectivity index (χ2v) is 8.94. The lowest BCUT2D eigenvalue weighted by Gasteiger charge is -2.36. The average molecular weight is 347 g/mol. The first-order valence-corrected chi connectivity index (χ1v) is 10.2. The van der Waals surface area contributed by atoms with Crippen molar-refractivity contribution in [3.63, 3.8) is 0 Å². The van der Waals surface area contributed by atoms with E-state index in [4.69, 9.17) is 0 Å². The lowest BCUT2D eigenvalue weighted by Crippen LogP contribution is -2.52. The minimum absolute atomic E-state index is 0.0371. The van der Waals surface area contributed by atoms with Gasteiger partial charge in [-0.3, -0.25) is 14.6 Å². The van der Waals surface area contributed by atoms with Gasteiger partial charge in [0, 0.05) is 38.8 Å². The number of aliphatic hydroxyl groups is 1. The van der Waals surface area contributed by atoms with Gasteiger partial charge in [-0.15, -0.1) is 0 Å². The van der Waals surface area contributed by atoms with Gasteiger partial charge in [0.2, 0.25) is 5.91 Å². The normalized spacial score (nSPS) is 26.6. The van der Waals surface area contributed by atoms with E-state index in [-0.39, 0.29) is 36.1 Å². The fraction of sp³-hybridized carbons (Fsp3) is 0.933. The highest BCUT2D eigenvalue weighted by Crippen LogP contribution is 2.16. The van der Waals surface area contributed by atoms with Crippen molar-refractivity contribution < 1.29 is 18.3 Å². The van der Waals surface area contributed by atoms with Crippen molar-refractivity contribution in [2.24, 2.45) is 0 Å². The van der Waals surface area contributed by atoms with E-state index in [0.717, 1.165) is 19.5 Å². The third kappa shape index (κ3) is 5.41. The minimum Gasteiger partial charge on any atom is -0.392 e. The summed E-state index contributed by atoms with van der Waals surface area (Å²) in [6, 6.07) is -0.0371. The molecule has 23 heavy (non-hydrogen) atoms. The van der Waals surface area contributed by atoms with Gasteiger partial charge in [0.05, 0.1) is 24.2 Å². The van der Waals surface area contributed by atoms with Gasteiger partial charge in [0.25, 0.3) is 0 Å². The van der Waals surface area contributed by atoms with Crippen LogP contribution in [-0.4, -0.2) is 104 Å². The maximum Gasteiger partial charge on any atom is 0.236 e. The molecule has 0 saturated carbocycles. The zero-order valence-electron chi connectivity index (χ0n) is 14.1. The van der Waals surface area contributed by atoms with Crippen LogP contribution in [0.3, 0.4) is 0 Å². The monoisotopic (exact) mass is 347 g/mol. The summed E-state index contributed by atoms with van der Waals surface area (Å²) in [7, 11) is -1.09. The summed E-state index contributed by atoms with van der Waals surface area (Å²) in [4.78, 5) is 18.3. The first-order chi connectivity index (χ1) is 10.8. The van der Waals surface area contributed by atoms with Crippen LogP contribution in [0.5, 0.6) is 0 Å². The number of aliphatic hydroxyl groups excluding tert-OH is 1. The fourth-order valence-corrected chi connectivity index (χ4v) is 4.98. The molecule has 2 rings (SSSR count). The van der Waals surface area contributed by atoms with Gasteiger partial charge in [-0.2, -0.15) is 0 Å². The van der Waals surface area contributed by atoms with E-state index in [9.17, 15) is 18.3 Å². The van der Waals surface area contributed by atoms with E-state index in [1.807, 2.05) is 23.8 Å². The average Bonchev–Trinajstić information content (AvgIpc) is 2.88. The highest BCUT2D eigenvalue weighted by Gasteiger charge is 2.32. The molecule has 134 valence electrons. The molecule has 1 amide bonds. The number of carbonyl (C=O) groups excluding carboxylic acids is 1. The van der Waals surface area contributed by atoms with Gasteiger partial charge >= 0.3 is 0 Å². The summed E-state index contributed by atoms with van der Waals surface area (Å²) >= 11 is 0. The molecule has 2 aliphatic heterocycles. The molecule has 2 fully saturated rings. The largest absolute Gasteiger partial charge is 0.392 e. The predicted molar refractivity (Wildman–Crippen MR) is 89.0 cm³/mol. The van der Waals surface area contributed by atoms with E-state index in [2.05, 4.69) is 4.90 Å². The smallest absolute Gasteiger partial charge is 0.236 e. The van der Waals surface area contributed by atoms with E-state index < -0.39 is 9.84 Å². The van der Waals surface area contributed by atoms with Crippen LogP contribution in [0.2, 0.25) is 0 Å². The molecule has 8 heteroatoms. The second-order valence-electron chi connectivity index (χ2n) is 6.72. The number of β-amino-alcohol motifs (C(OH)–C–C–N with tert-alkyl or cyclic N) is 1. The lowest BCUT2D eigenvalue weighted by atomic mass is 10.2. The van der Waals surface area contributed by atoms with Crippen LogP contribution in [0.1, 0.15) is 19.8 Å². The number of piperazine rings is 1. The van der Waals surface area contributed by atoms with Crippen LogP contribution in [0, 0.1) is 0 Å². The quantitative estimate of drug-likeness (QED) is 0.665. The Kier molecular flexibility index (Phi) is 6.41. The lowest BCUT2D eigenvalue weighted by molar-refractivity contribution is -0.134. The number of nitrogens with zero attached hydrogens (tertiary/aromatic N) is 3. The van der Waals surface area contributed by atoms with Crippen molar-refractivity contribution >= 4 is 15.7 Å². The molecule has 2 atom stereocenters. The molecule has 2 saturated heterocycles. The maximum absolute atomic E-state index is 12.4. The van der Waals surface area contributed by atoms with Gasteiger partial charge in [-0.25, -0.2) is 8.42 Å². The predicted octanol–water partition coefficient (Wildman–Crippen LogP) is -0.980. The van der Waals surface area contributed by atoms with Crippen molar-refractivity contribution in [3.05, 3.63) is 0 Å². The molecule has 0 aromatic carbocycles. The number of rotatable bonds is 6. The first-order valence-electron chi connectivity index (χ1n) is 8.39. The van der Waals surface area contributed by atoms with Crippen LogP contribution < -0.4 is 0 Å². The zero-order chi connectivity index (χ0) is 17.0. The molecular weight excluding hydrogens is 318 g/mol. The van der Waals surface area contributed by atoms with E-state index in [1.165, 1.54) is 0 Å². The van der Waals surface area contributed by atoms with Gasteiger partial charge in [0.15, 0.2) is 9.84 Å². The Labute approximate surface area is 139 Å². The van der Waals surface area contributed by atoms with Gasteiger partial charge in [-0.1, -0.05) is 6.92 Å². The highest BCUT2D eigenvalue weighted by molar-refractivity contribution is 7.91. The summed E-state index contributed by atoms with van der Waals surface area (Å²) in [6.45, 7) is 5.81. The molecule has 0 radical (unpaired) electrons. The molecule has 0 spiro atoms. The maximum atomic E-state index is 12.4. The number of hydrogen-bond acceptors (Lipinski definition) is 6. The molecule has 0 aromatic heterocycles. The van der Waals surface area contributed by atoms with Gasteiger partial charge in [0.1, 0.15) is 0 Å². The summed E-state index contributed by atoms with van der Waals surface area (Å²) in [5, 5.41) is 9.69. The number of likely N-dealkylation sites (N-methyl/N-ethyl adjacent to an activating group) is 1. The molecule has 2 heterocycles. The van der Waals surface area contributed by atoms with Crippen LogP contribution in [0.4, 0.5) is 0 Å². The van der Waals surface area contributed by atoms with Gasteiger partial charge in [-0.05, 0) is 19.9 Å². The summed E-state index contributed by atoms with van der Waals surface area (Å²) < 4.78 is 23.1. The van der Waals surface area contributed by atoms with E-state index in [0.29, 0.717) is 26.1 Å². The van der Waals surface area contributed by atoms with E-state index in [1.54, 1.807) is 0 Å². The number of carbonyl (C=O) groups is 1. The highest BCUT2D eigenvalue weighted by atomic mass is 32.2. The molecule has 2 aliphatic rings. The van der Waals surface area contributed by atoms with Crippen molar-refractivity contribution in [1.82, 2.24) is 14.7 Å². The van der Waals surface area contributed by atoms with Crippen molar-refractivity contribution in [2.75, 3.05) is 57.8 Å². The number of hydrogen-bond donors (Lipinski definition) is 1. The van der Waals surface area contributed by atoms with Crippen molar-refractivity contribution in [1.29, 1.82) is 0 Å². The molecular formula is C15H29N3O4S. The Morgan fingerprint density at radius 3 is 2.48 bits per heavy atom. The zero-order valence-corrected chi connectivity index (χ0v) is 15.0. The molecule has 1 N–H and O–H groups in total. The van der Waals surface area contributed by atoms with Crippen LogP contribution in [-0.2, 0) is 14.6 Å². The van der Waals surface area contributed by atoms with Crippen molar-refractivity contribution in [3.8, 4) is 0 Å². The number of amides is 1. The molecule has 7 nitrogen and oxygen atoms in total. The topological polar surface area (TPSA) is 81.2 Å². The summed E-state index contributed by atoms with van der Waals surface area (Å²) in [5.74, 6) is 0.459. The van der Waals surface area contributed by atoms with Crippen LogP contribution in [0.25, 0.3) is 0 Å². The Balaban J connectivity index is 1.75. The molecule has 0 unspecified atom stereocenters. The Morgan fingerprint density at radius 2 is 1.96 bits per heavy atom. The first kappa shape index (κ1) is 18.6. The van der Waals surface area contributed by atoms with Crippen LogP contribution >= 0.6 is 0 Å².